The van der Waals surface area contributed by atoms with Gasteiger partial charge in [-0.1, -0.05) is 170 Å². The zero-order chi connectivity index (χ0) is 39.7. The summed E-state index contributed by atoms with van der Waals surface area (Å²) in [6.07, 6.45) is 0. The van der Waals surface area contributed by atoms with Gasteiger partial charge in [0.1, 0.15) is 0 Å². The van der Waals surface area contributed by atoms with Crippen molar-refractivity contribution in [3.63, 3.8) is 0 Å². The fraction of sp³-hybridized carbons (Fsp3) is 0. The zero-order valence-corrected chi connectivity index (χ0v) is 32.4. The molecule has 0 aliphatic carbocycles. The van der Waals surface area contributed by atoms with Crippen LogP contribution in [0.3, 0.4) is 0 Å². The minimum atomic E-state index is 0.629. The van der Waals surface area contributed by atoms with Crippen molar-refractivity contribution in [1.29, 1.82) is 5.26 Å². The third-order valence-corrected chi connectivity index (χ3v) is 12.2. The third-order valence-electron chi connectivity index (χ3n) is 12.2. The molecule has 0 unspecified atom stereocenters. The van der Waals surface area contributed by atoms with Gasteiger partial charge in [-0.15, -0.1) is 0 Å². The van der Waals surface area contributed by atoms with E-state index in [9.17, 15) is 5.26 Å². The highest BCUT2D eigenvalue weighted by atomic mass is 14.9. The Morgan fingerprint density at radius 3 is 1.45 bits per heavy atom. The Morgan fingerprint density at radius 2 is 0.817 bits per heavy atom. The molecule has 0 saturated heterocycles. The molecule has 276 valence electrons. The predicted octanol–water partition coefficient (Wildman–Crippen LogP) is 15.0. The maximum atomic E-state index is 9.54. The summed E-state index contributed by atoms with van der Waals surface area (Å²) in [5.74, 6) is 0.654. The number of aromatic nitrogens is 2. The fourth-order valence-corrected chi connectivity index (χ4v) is 9.42. The average molecular weight is 760 g/mol. The molecule has 0 atom stereocenters. The molecule has 3 nitrogen and oxygen atoms in total. The average Bonchev–Trinajstić information content (AvgIpc) is 3.32. The molecule has 0 saturated carbocycles. The Bertz CT molecular complexity index is 3690. The lowest BCUT2D eigenvalue weighted by Gasteiger charge is -2.17. The molecule has 0 bridgehead atoms. The lowest BCUT2D eigenvalue weighted by Crippen LogP contribution is -1.97. The van der Waals surface area contributed by atoms with Crippen LogP contribution in [0.5, 0.6) is 0 Å². The molecule has 12 rings (SSSR count). The summed E-state index contributed by atoms with van der Waals surface area (Å²) in [6, 6.07) is 73.4. The number of fused-ring (bicyclic) bond motifs is 2. The molecule has 0 fully saturated rings. The van der Waals surface area contributed by atoms with Gasteiger partial charge in [0.05, 0.1) is 23.0 Å². The summed E-state index contributed by atoms with van der Waals surface area (Å²) >= 11 is 0. The maximum absolute atomic E-state index is 9.54. The van der Waals surface area contributed by atoms with E-state index in [0.29, 0.717) is 11.4 Å². The largest absolute Gasteiger partial charge is 0.228 e. The topological polar surface area (TPSA) is 49.6 Å². The molecular formula is C57H33N3. The third kappa shape index (κ3) is 5.36. The second-order valence-electron chi connectivity index (χ2n) is 15.6. The first-order valence-corrected chi connectivity index (χ1v) is 20.3. The summed E-state index contributed by atoms with van der Waals surface area (Å²) in [4.78, 5) is 10.7. The number of hydrogen-bond donors (Lipinski definition) is 0. The van der Waals surface area contributed by atoms with Gasteiger partial charge in [-0.05, 0) is 117 Å². The molecule has 11 aromatic carbocycles. The van der Waals surface area contributed by atoms with E-state index in [-0.39, 0.29) is 0 Å². The summed E-state index contributed by atoms with van der Waals surface area (Å²) in [6.45, 7) is 0. The summed E-state index contributed by atoms with van der Waals surface area (Å²) in [5.41, 5.74) is 9.61. The Balaban J connectivity index is 1.16. The molecule has 1 aromatic heterocycles. The highest BCUT2D eigenvalue weighted by molar-refractivity contribution is 6.37. The lowest BCUT2D eigenvalue weighted by atomic mass is 9.87. The highest BCUT2D eigenvalue weighted by Crippen LogP contribution is 2.45. The number of hydrogen-bond acceptors (Lipinski definition) is 3. The van der Waals surface area contributed by atoms with Crippen molar-refractivity contribution in [2.24, 2.45) is 0 Å². The van der Waals surface area contributed by atoms with Gasteiger partial charge in [0.25, 0.3) is 0 Å². The van der Waals surface area contributed by atoms with Crippen LogP contribution in [0.15, 0.2) is 200 Å². The molecule has 0 aliphatic heterocycles. The monoisotopic (exact) mass is 759 g/mol. The molecule has 0 radical (unpaired) electrons. The molecule has 12 aromatic rings. The second kappa shape index (κ2) is 13.5. The molecule has 60 heavy (non-hydrogen) atoms. The van der Waals surface area contributed by atoms with Crippen molar-refractivity contribution in [3.05, 3.63) is 206 Å². The number of nitrogens with zero attached hydrogens (tertiary/aromatic N) is 3. The first-order chi connectivity index (χ1) is 29.7. The van der Waals surface area contributed by atoms with E-state index in [0.717, 1.165) is 55.7 Å². The number of benzene rings is 10. The molecule has 0 amide bonds. The van der Waals surface area contributed by atoms with E-state index in [1.165, 1.54) is 59.2 Å². The normalized spacial score (nSPS) is 11.7. The maximum Gasteiger partial charge on any atom is 0.160 e. The number of rotatable bonds is 5. The van der Waals surface area contributed by atoms with E-state index in [1.807, 2.05) is 30.3 Å². The fourth-order valence-electron chi connectivity index (χ4n) is 9.42. The van der Waals surface area contributed by atoms with Crippen molar-refractivity contribution in [2.45, 2.75) is 0 Å². The van der Waals surface area contributed by atoms with Gasteiger partial charge in [0.15, 0.2) is 5.82 Å². The molecular weight excluding hydrogens is 727 g/mol. The van der Waals surface area contributed by atoms with E-state index in [2.05, 4.69) is 176 Å². The second-order valence-corrected chi connectivity index (χ2v) is 15.6. The van der Waals surface area contributed by atoms with Crippen molar-refractivity contribution in [3.8, 4) is 62.2 Å². The first-order valence-electron chi connectivity index (χ1n) is 20.3. The van der Waals surface area contributed by atoms with Gasteiger partial charge in [-0.3, -0.25) is 0 Å². The predicted molar refractivity (Wildman–Crippen MR) is 250 cm³/mol. The number of nitriles is 1. The Kier molecular flexibility index (Phi) is 7.60. The van der Waals surface area contributed by atoms with E-state index >= 15 is 0 Å². The van der Waals surface area contributed by atoms with Gasteiger partial charge in [-0.2, -0.15) is 5.26 Å². The van der Waals surface area contributed by atoms with Gasteiger partial charge in [0.2, 0.25) is 0 Å². The van der Waals surface area contributed by atoms with Crippen LogP contribution < -0.4 is 0 Å². The quantitative estimate of drug-likeness (QED) is 0.164. The van der Waals surface area contributed by atoms with Crippen LogP contribution in [0.4, 0.5) is 0 Å². The zero-order valence-electron chi connectivity index (χ0n) is 32.4. The van der Waals surface area contributed by atoms with Crippen LogP contribution >= 0.6 is 0 Å². The van der Waals surface area contributed by atoms with E-state index in [4.69, 9.17) is 9.97 Å². The summed E-state index contributed by atoms with van der Waals surface area (Å²) in [5, 5.41) is 24.4. The van der Waals surface area contributed by atoms with E-state index < -0.39 is 0 Å². The smallest absolute Gasteiger partial charge is 0.160 e. The summed E-state index contributed by atoms with van der Waals surface area (Å²) in [7, 11) is 0. The van der Waals surface area contributed by atoms with Crippen LogP contribution in [-0.4, -0.2) is 9.97 Å². The van der Waals surface area contributed by atoms with Crippen molar-refractivity contribution in [2.75, 3.05) is 0 Å². The van der Waals surface area contributed by atoms with Gasteiger partial charge < -0.3 is 0 Å². The SMILES string of the molecule is N#Cc1ccc(-c2ccccc2-c2cc(-c3cc4ccc5cccc6c7cccc8ccc9cccc(c(c3)c4c56)c9c87)nc(-c3ccc(-c4ccccc4)cc3)n2)cc1. The molecule has 0 aliphatic rings. The van der Waals surface area contributed by atoms with Crippen LogP contribution in [0.25, 0.3) is 121 Å². The molecule has 3 heteroatoms. The van der Waals surface area contributed by atoms with Crippen molar-refractivity contribution >= 4 is 64.6 Å². The van der Waals surface area contributed by atoms with Crippen LogP contribution in [-0.2, 0) is 0 Å². The van der Waals surface area contributed by atoms with Crippen LogP contribution in [0.1, 0.15) is 5.56 Å². The van der Waals surface area contributed by atoms with Crippen molar-refractivity contribution < 1.29 is 0 Å². The van der Waals surface area contributed by atoms with Crippen LogP contribution in [0.2, 0.25) is 0 Å². The van der Waals surface area contributed by atoms with Gasteiger partial charge in [0, 0.05) is 16.7 Å². The molecule has 1 heterocycles. The first kappa shape index (κ1) is 33.9. The van der Waals surface area contributed by atoms with Crippen molar-refractivity contribution in [1.82, 2.24) is 9.97 Å². The minimum Gasteiger partial charge on any atom is -0.228 e. The highest BCUT2D eigenvalue weighted by Gasteiger charge is 2.19. The van der Waals surface area contributed by atoms with E-state index in [1.54, 1.807) is 0 Å². The minimum absolute atomic E-state index is 0.629. The molecule has 0 N–H and O–H groups in total. The summed E-state index contributed by atoms with van der Waals surface area (Å²) < 4.78 is 0. The van der Waals surface area contributed by atoms with Crippen LogP contribution in [0, 0.1) is 11.3 Å². The Morgan fingerprint density at radius 1 is 0.317 bits per heavy atom. The standard InChI is InChI=1S/C57H33N3/c58-34-35-19-21-38(22-20-35)45-14-4-5-15-46(45)52-33-51(59-57(60-52)42-28-23-37(24-29-42)36-9-2-1-3-10-36)44-31-43-30-27-41-12-7-17-48-47-16-6-11-39-25-26-40-13-8-18-49(55(40)53(39)47)50(32-44)56(43)54(41)48/h1-33H. The Labute approximate surface area is 346 Å². The van der Waals surface area contributed by atoms with Gasteiger partial charge >= 0.3 is 0 Å². The lowest BCUT2D eigenvalue weighted by molar-refractivity contribution is 1.18. The molecule has 0 spiro atoms. The Hall–Kier alpha value is -8.19. The van der Waals surface area contributed by atoms with Gasteiger partial charge in [-0.25, -0.2) is 9.97 Å².